The summed E-state index contributed by atoms with van der Waals surface area (Å²) in [5, 5.41) is 23.7. The normalized spacial score (nSPS) is 14.1. The summed E-state index contributed by atoms with van der Waals surface area (Å²) in [6, 6.07) is -0.730. The van der Waals surface area contributed by atoms with Crippen molar-refractivity contribution < 1.29 is 24.5 Å². The Morgan fingerprint density at radius 1 is 0.484 bits per heavy atom. The zero-order chi connectivity index (χ0) is 45.2. The number of rotatable bonds is 44. The molecule has 0 saturated carbocycles. The molecule has 0 fully saturated rings. The highest BCUT2D eigenvalue weighted by atomic mass is 16.5. The summed E-state index contributed by atoms with van der Waals surface area (Å²) >= 11 is 0. The molecule has 3 unspecified atom stereocenters. The molecule has 6 nitrogen and oxygen atoms in total. The number of unbranched alkanes of at least 4 members (excludes halogenated alkanes) is 22. The van der Waals surface area contributed by atoms with E-state index >= 15 is 0 Å². The van der Waals surface area contributed by atoms with Crippen molar-refractivity contribution in [1.82, 2.24) is 5.32 Å². The van der Waals surface area contributed by atoms with Crippen LogP contribution in [0.4, 0.5) is 0 Å². The fraction of sp³-hybridized carbons (Fsp3) is 0.679. The number of nitrogens with one attached hydrogen (secondary N) is 1. The fourth-order valence-electron chi connectivity index (χ4n) is 7.22. The van der Waals surface area contributed by atoms with Gasteiger partial charge in [0.2, 0.25) is 5.91 Å². The van der Waals surface area contributed by atoms with E-state index in [1.165, 1.54) is 103 Å². The Morgan fingerprint density at radius 3 is 1.37 bits per heavy atom. The van der Waals surface area contributed by atoms with Crippen LogP contribution in [0.25, 0.3) is 0 Å². The van der Waals surface area contributed by atoms with Gasteiger partial charge in [0, 0.05) is 6.42 Å². The van der Waals surface area contributed by atoms with Gasteiger partial charge in [-0.1, -0.05) is 240 Å². The summed E-state index contributed by atoms with van der Waals surface area (Å²) in [7, 11) is 0. The highest BCUT2D eigenvalue weighted by molar-refractivity contribution is 5.77. The predicted molar refractivity (Wildman–Crippen MR) is 268 cm³/mol. The third-order valence-electron chi connectivity index (χ3n) is 11.1. The van der Waals surface area contributed by atoms with Gasteiger partial charge in [0.25, 0.3) is 0 Å². The lowest BCUT2D eigenvalue weighted by molar-refractivity contribution is -0.151. The zero-order valence-corrected chi connectivity index (χ0v) is 40.2. The molecule has 0 bridgehead atoms. The maximum atomic E-state index is 13.2. The molecule has 0 aromatic heterocycles. The second-order valence-electron chi connectivity index (χ2n) is 17.0. The van der Waals surface area contributed by atoms with Crippen molar-refractivity contribution in [2.24, 2.45) is 0 Å². The largest absolute Gasteiger partial charge is 0.462 e. The third-order valence-corrected chi connectivity index (χ3v) is 11.1. The van der Waals surface area contributed by atoms with Crippen LogP contribution in [-0.2, 0) is 14.3 Å². The van der Waals surface area contributed by atoms with Gasteiger partial charge in [-0.2, -0.15) is 0 Å². The summed E-state index contributed by atoms with van der Waals surface area (Å²) in [5.74, 6) is -0.579. The van der Waals surface area contributed by atoms with E-state index in [1.807, 2.05) is 54.7 Å². The van der Waals surface area contributed by atoms with Gasteiger partial charge in [-0.05, 0) is 64.2 Å². The van der Waals surface area contributed by atoms with Crippen LogP contribution >= 0.6 is 0 Å². The minimum atomic E-state index is -0.812. The quantitative estimate of drug-likeness (QED) is 0.0322. The van der Waals surface area contributed by atoms with Crippen molar-refractivity contribution in [2.45, 2.75) is 238 Å². The van der Waals surface area contributed by atoms with E-state index in [2.05, 4.69) is 68.6 Å². The molecule has 0 radical (unpaired) electrons. The van der Waals surface area contributed by atoms with Crippen molar-refractivity contribution in [1.29, 1.82) is 0 Å². The monoisotopic (exact) mass is 862 g/mol. The molecule has 0 saturated heterocycles. The van der Waals surface area contributed by atoms with E-state index in [9.17, 15) is 19.8 Å². The van der Waals surface area contributed by atoms with Gasteiger partial charge in [-0.3, -0.25) is 9.59 Å². The van der Waals surface area contributed by atoms with Crippen LogP contribution in [0, 0.1) is 0 Å². The summed E-state index contributed by atoms with van der Waals surface area (Å²) in [6.45, 7) is 6.30. The van der Waals surface area contributed by atoms with Crippen molar-refractivity contribution in [3.8, 4) is 0 Å². The van der Waals surface area contributed by atoms with E-state index in [0.29, 0.717) is 19.3 Å². The van der Waals surface area contributed by atoms with Gasteiger partial charge < -0.3 is 20.3 Å². The van der Waals surface area contributed by atoms with Gasteiger partial charge in [0.15, 0.2) is 0 Å². The summed E-state index contributed by atoms with van der Waals surface area (Å²) in [5.41, 5.74) is 0. The number of aliphatic hydroxyl groups excluding tert-OH is 2. The van der Waals surface area contributed by atoms with Crippen LogP contribution in [0.15, 0.2) is 97.2 Å². The lowest BCUT2D eigenvalue weighted by Crippen LogP contribution is -2.46. The molecular formula is C56H95NO5. The topological polar surface area (TPSA) is 95.9 Å². The first-order valence-corrected chi connectivity index (χ1v) is 25.6. The average Bonchev–Trinajstić information content (AvgIpc) is 3.26. The second-order valence-corrected chi connectivity index (χ2v) is 17.0. The molecule has 354 valence electrons. The van der Waals surface area contributed by atoms with Crippen LogP contribution in [-0.4, -0.2) is 46.9 Å². The van der Waals surface area contributed by atoms with Crippen LogP contribution in [0.5, 0.6) is 0 Å². The van der Waals surface area contributed by atoms with E-state index in [-0.39, 0.29) is 24.9 Å². The Balaban J connectivity index is 4.77. The van der Waals surface area contributed by atoms with Gasteiger partial charge in [-0.15, -0.1) is 0 Å². The standard InChI is InChI=1S/C56H95NO5/c1-4-7-10-13-16-19-22-25-27-28-29-31-34-37-40-43-46-49-56(61)62-52(47-44-41-38-35-32-30-26-23-20-17-14-11-8-5-2)50-55(60)57-53(51-58)54(59)48-45-42-39-36-33-24-21-18-15-12-9-6-3/h7,10,13,16,19,22,25,27-32,34-35,38,52-54,58-59H,4-6,8-9,11-12,14-15,17-18,20-21,23-24,26,33,36-37,39-51H2,1-3H3,(H,57,60)/b10-7-,16-13+,22-19+,27-25-,29-28+,32-30+,34-31+,38-35+. The lowest BCUT2D eigenvalue weighted by Gasteiger charge is -2.24. The highest BCUT2D eigenvalue weighted by Gasteiger charge is 2.24. The molecular weight excluding hydrogens is 767 g/mol. The Labute approximate surface area is 382 Å². The fourth-order valence-corrected chi connectivity index (χ4v) is 7.22. The molecule has 0 rings (SSSR count). The van der Waals surface area contributed by atoms with Crippen LogP contribution in [0.3, 0.4) is 0 Å². The second kappa shape index (κ2) is 48.8. The molecule has 0 aromatic rings. The molecule has 0 heterocycles. The molecule has 0 aliphatic heterocycles. The Kier molecular flexibility index (Phi) is 46.3. The molecule has 0 spiro atoms. The predicted octanol–water partition coefficient (Wildman–Crippen LogP) is 15.3. The van der Waals surface area contributed by atoms with Gasteiger partial charge in [0.1, 0.15) is 6.10 Å². The summed E-state index contributed by atoms with van der Waals surface area (Å²) in [4.78, 5) is 26.1. The minimum absolute atomic E-state index is 0.0209. The van der Waals surface area contributed by atoms with Crippen molar-refractivity contribution in [3.05, 3.63) is 97.2 Å². The summed E-state index contributed by atoms with van der Waals surface area (Å²) < 4.78 is 5.88. The van der Waals surface area contributed by atoms with E-state index < -0.39 is 18.2 Å². The number of carbonyl (C=O) groups excluding carboxylic acids is 2. The number of hydrogen-bond acceptors (Lipinski definition) is 5. The lowest BCUT2D eigenvalue weighted by atomic mass is 10.0. The van der Waals surface area contributed by atoms with Crippen LogP contribution in [0.2, 0.25) is 0 Å². The van der Waals surface area contributed by atoms with Gasteiger partial charge >= 0.3 is 5.97 Å². The first-order chi connectivity index (χ1) is 30.5. The van der Waals surface area contributed by atoms with Crippen molar-refractivity contribution in [2.75, 3.05) is 6.61 Å². The first kappa shape index (κ1) is 58.8. The smallest absolute Gasteiger partial charge is 0.306 e. The molecule has 0 aromatic carbocycles. The number of ether oxygens (including phenoxy) is 1. The Morgan fingerprint density at radius 2 is 0.887 bits per heavy atom. The maximum absolute atomic E-state index is 13.2. The molecule has 0 aliphatic carbocycles. The summed E-state index contributed by atoms with van der Waals surface area (Å²) in [6.07, 6.45) is 64.6. The third kappa shape index (κ3) is 43.4. The molecule has 0 aliphatic rings. The molecule has 1 amide bonds. The van der Waals surface area contributed by atoms with Crippen LogP contribution < -0.4 is 5.32 Å². The number of amides is 1. The molecule has 3 atom stereocenters. The number of aliphatic hydroxyl groups is 2. The Hall–Kier alpha value is -3.22. The maximum Gasteiger partial charge on any atom is 0.306 e. The first-order valence-electron chi connectivity index (χ1n) is 25.6. The van der Waals surface area contributed by atoms with Crippen molar-refractivity contribution in [3.63, 3.8) is 0 Å². The van der Waals surface area contributed by atoms with Gasteiger partial charge in [0.05, 0.1) is 25.2 Å². The zero-order valence-electron chi connectivity index (χ0n) is 40.2. The van der Waals surface area contributed by atoms with E-state index in [0.717, 1.165) is 70.6 Å². The number of esters is 1. The number of carbonyl (C=O) groups is 2. The molecule has 6 heteroatoms. The molecule has 3 N–H and O–H groups in total. The van der Waals surface area contributed by atoms with Crippen molar-refractivity contribution >= 4 is 11.9 Å². The SMILES string of the molecule is CC\C=C/C=C/C=C/C=C\C=C\C=C\CCCCCC(=O)OC(CCC/C=C/C=C/CCCCCCCCC)CC(=O)NC(CO)C(O)CCCCCCCCCCCCCC. The number of allylic oxidation sites excluding steroid dienone is 16. The van der Waals surface area contributed by atoms with Crippen LogP contribution in [0.1, 0.15) is 220 Å². The average molecular weight is 862 g/mol. The van der Waals surface area contributed by atoms with E-state index in [4.69, 9.17) is 4.74 Å². The Bertz CT molecular complexity index is 1240. The van der Waals surface area contributed by atoms with E-state index in [1.54, 1.807) is 0 Å². The molecule has 62 heavy (non-hydrogen) atoms. The number of hydrogen-bond donors (Lipinski definition) is 3. The highest BCUT2D eigenvalue weighted by Crippen LogP contribution is 2.16. The van der Waals surface area contributed by atoms with Gasteiger partial charge in [-0.25, -0.2) is 0 Å². The minimum Gasteiger partial charge on any atom is -0.462 e.